The van der Waals surface area contributed by atoms with Crippen LogP contribution in [0, 0.1) is 0 Å². The molecule has 5 heteroatoms. The molecule has 3 rings (SSSR count). The maximum atomic E-state index is 6.07. The highest BCUT2D eigenvalue weighted by molar-refractivity contribution is 9.10. The van der Waals surface area contributed by atoms with Gasteiger partial charge in [0.15, 0.2) is 0 Å². The highest BCUT2D eigenvalue weighted by Gasteiger charge is 2.19. The largest absolute Gasteiger partial charge is 0.493 e. The molecule has 1 aliphatic heterocycles. The van der Waals surface area contributed by atoms with Gasteiger partial charge in [-0.1, -0.05) is 27.5 Å². The Morgan fingerprint density at radius 2 is 2.14 bits per heavy atom. The Kier molecular flexibility index (Phi) is 4.00. The second-order valence-electron chi connectivity index (χ2n) is 5.21. The fourth-order valence-corrected chi connectivity index (χ4v) is 3.37. The smallest absolute Gasteiger partial charge is 0.127 e. The van der Waals surface area contributed by atoms with Crippen LogP contribution in [-0.4, -0.2) is 13.7 Å². The molecule has 21 heavy (non-hydrogen) atoms. The summed E-state index contributed by atoms with van der Waals surface area (Å²) < 4.78 is 6.85. The highest BCUT2D eigenvalue weighted by Crippen LogP contribution is 2.35. The van der Waals surface area contributed by atoms with Crippen LogP contribution in [0.15, 0.2) is 34.8 Å². The molecule has 0 unspecified atom stereocenters. The molecule has 0 bridgehead atoms. The van der Waals surface area contributed by atoms with Gasteiger partial charge in [-0.25, -0.2) is 0 Å². The summed E-state index contributed by atoms with van der Waals surface area (Å²) in [6.07, 6.45) is 0.963. The zero-order valence-corrected chi connectivity index (χ0v) is 14.0. The van der Waals surface area contributed by atoms with Gasteiger partial charge in [0.05, 0.1) is 18.0 Å². The normalized spacial score (nSPS) is 12.9. The molecule has 0 fully saturated rings. The molecule has 0 spiro atoms. The van der Waals surface area contributed by atoms with Gasteiger partial charge in [-0.05, 0) is 35.9 Å². The molecule has 0 amide bonds. The third-order valence-electron chi connectivity index (χ3n) is 3.64. The van der Waals surface area contributed by atoms with Crippen LogP contribution in [-0.2, 0) is 13.0 Å². The van der Waals surface area contributed by atoms with Crippen molar-refractivity contribution in [2.45, 2.75) is 13.0 Å². The van der Waals surface area contributed by atoms with Crippen LogP contribution in [0.25, 0.3) is 0 Å². The topological polar surface area (TPSA) is 38.5 Å². The summed E-state index contributed by atoms with van der Waals surface area (Å²) in [5.41, 5.74) is 10.1. The number of nitrogen functional groups attached to an aromatic ring is 1. The van der Waals surface area contributed by atoms with Crippen molar-refractivity contribution in [1.29, 1.82) is 0 Å². The number of rotatable bonds is 3. The first kappa shape index (κ1) is 14.5. The maximum absolute atomic E-state index is 6.07. The molecule has 0 radical (unpaired) electrons. The predicted octanol–water partition coefficient (Wildman–Crippen LogP) is 4.26. The quantitative estimate of drug-likeness (QED) is 0.824. The van der Waals surface area contributed by atoms with Crippen molar-refractivity contribution in [2.24, 2.45) is 0 Å². The van der Waals surface area contributed by atoms with Crippen LogP contribution >= 0.6 is 27.5 Å². The molecule has 0 aromatic heterocycles. The van der Waals surface area contributed by atoms with Gasteiger partial charge in [-0.3, -0.25) is 0 Å². The Balaban J connectivity index is 1.92. The molecule has 2 N–H and O–H groups in total. The van der Waals surface area contributed by atoms with Crippen LogP contribution in [0.2, 0.25) is 5.02 Å². The maximum Gasteiger partial charge on any atom is 0.127 e. The van der Waals surface area contributed by atoms with E-state index in [0.29, 0.717) is 11.6 Å². The molecule has 2 aromatic rings. The number of halogens is 2. The number of nitrogens with two attached hydrogens (primary N) is 1. The zero-order chi connectivity index (χ0) is 15.0. The fourth-order valence-electron chi connectivity index (χ4n) is 2.65. The Morgan fingerprint density at radius 3 is 2.95 bits per heavy atom. The number of ether oxygens (including phenoxy) is 1. The third-order valence-corrected chi connectivity index (χ3v) is 4.33. The molecule has 3 nitrogen and oxygen atoms in total. The van der Waals surface area contributed by atoms with Crippen LogP contribution < -0.4 is 15.4 Å². The number of anilines is 2. The summed E-state index contributed by atoms with van der Waals surface area (Å²) in [5.74, 6) is 1.01. The Morgan fingerprint density at radius 1 is 1.33 bits per heavy atom. The van der Waals surface area contributed by atoms with Gasteiger partial charge in [0, 0.05) is 35.1 Å². The summed E-state index contributed by atoms with van der Waals surface area (Å²) in [7, 11) is 2.00. The lowest BCUT2D eigenvalue weighted by molar-refractivity contribution is 0.353. The summed E-state index contributed by atoms with van der Waals surface area (Å²) in [5, 5.41) is 0.682. The van der Waals surface area contributed by atoms with Gasteiger partial charge in [0.2, 0.25) is 0 Å². The average Bonchev–Trinajstić information content (AvgIpc) is 2.89. The Hall–Kier alpha value is -1.39. The first-order valence-corrected chi connectivity index (χ1v) is 7.92. The van der Waals surface area contributed by atoms with E-state index in [0.717, 1.165) is 40.2 Å². The third kappa shape index (κ3) is 2.97. The number of nitrogens with zero attached hydrogens (tertiary/aromatic N) is 1. The Bertz CT molecular complexity index is 690. The van der Waals surface area contributed by atoms with E-state index in [1.54, 1.807) is 6.07 Å². The monoisotopic (exact) mass is 366 g/mol. The molecule has 110 valence electrons. The summed E-state index contributed by atoms with van der Waals surface area (Å²) in [6.45, 7) is 1.47. The molecular weight excluding hydrogens is 352 g/mol. The van der Waals surface area contributed by atoms with Gasteiger partial charge in [0.25, 0.3) is 0 Å². The van der Waals surface area contributed by atoms with Crippen LogP contribution in [0.1, 0.15) is 11.1 Å². The van der Waals surface area contributed by atoms with Crippen molar-refractivity contribution in [3.05, 3.63) is 51.0 Å². The Labute approximate surface area is 137 Å². The molecule has 0 atom stereocenters. The lowest BCUT2D eigenvalue weighted by atomic mass is 10.1. The van der Waals surface area contributed by atoms with E-state index in [4.69, 9.17) is 22.1 Å². The summed E-state index contributed by atoms with van der Waals surface area (Å²) >= 11 is 9.64. The van der Waals surface area contributed by atoms with E-state index in [9.17, 15) is 0 Å². The molecule has 1 heterocycles. The molecule has 2 aromatic carbocycles. The van der Waals surface area contributed by atoms with Gasteiger partial charge in [-0.15, -0.1) is 0 Å². The highest BCUT2D eigenvalue weighted by atomic mass is 79.9. The standard InChI is InChI=1S/C16H16BrClN2O/c1-20(15-8-13(18)2-3-14(15)19)9-11-7-12(17)6-10-4-5-21-16(10)11/h2-3,6-8H,4-5,9,19H2,1H3. The van der Waals surface area contributed by atoms with E-state index in [-0.39, 0.29) is 0 Å². The van der Waals surface area contributed by atoms with Crippen molar-refractivity contribution in [2.75, 3.05) is 24.3 Å². The number of fused-ring (bicyclic) bond motifs is 1. The molecule has 1 aliphatic rings. The first-order valence-electron chi connectivity index (χ1n) is 6.75. The molecule has 0 saturated carbocycles. The van der Waals surface area contributed by atoms with Crippen LogP contribution in [0.3, 0.4) is 0 Å². The van der Waals surface area contributed by atoms with E-state index >= 15 is 0 Å². The molecular formula is C16H16BrClN2O. The lowest BCUT2D eigenvalue weighted by Crippen LogP contribution is -2.18. The number of benzene rings is 2. The number of hydrogen-bond acceptors (Lipinski definition) is 3. The summed E-state index contributed by atoms with van der Waals surface area (Å²) in [4.78, 5) is 2.09. The van der Waals surface area contributed by atoms with E-state index in [2.05, 4.69) is 33.0 Å². The van der Waals surface area contributed by atoms with Crippen LogP contribution in [0.4, 0.5) is 11.4 Å². The molecule has 0 saturated heterocycles. The van der Waals surface area contributed by atoms with Gasteiger partial charge in [-0.2, -0.15) is 0 Å². The van der Waals surface area contributed by atoms with Crippen molar-refractivity contribution in [3.63, 3.8) is 0 Å². The summed E-state index contributed by atoms with van der Waals surface area (Å²) in [6, 6.07) is 9.74. The van der Waals surface area contributed by atoms with Crippen molar-refractivity contribution in [1.82, 2.24) is 0 Å². The van der Waals surface area contributed by atoms with Gasteiger partial charge >= 0.3 is 0 Å². The first-order chi connectivity index (χ1) is 10.0. The average molecular weight is 368 g/mol. The van der Waals surface area contributed by atoms with Crippen molar-refractivity contribution in [3.8, 4) is 5.75 Å². The predicted molar refractivity (Wildman–Crippen MR) is 91.3 cm³/mol. The van der Waals surface area contributed by atoms with Gasteiger partial charge < -0.3 is 15.4 Å². The minimum Gasteiger partial charge on any atom is -0.493 e. The van der Waals surface area contributed by atoms with E-state index in [1.165, 1.54) is 5.56 Å². The van der Waals surface area contributed by atoms with Crippen LogP contribution in [0.5, 0.6) is 5.75 Å². The van der Waals surface area contributed by atoms with Crippen molar-refractivity contribution >= 4 is 38.9 Å². The van der Waals surface area contributed by atoms with E-state index < -0.39 is 0 Å². The number of hydrogen-bond donors (Lipinski definition) is 1. The SMILES string of the molecule is CN(Cc1cc(Br)cc2c1OCC2)c1cc(Cl)ccc1N. The second-order valence-corrected chi connectivity index (χ2v) is 6.56. The van der Waals surface area contributed by atoms with Crippen molar-refractivity contribution < 1.29 is 4.74 Å². The zero-order valence-electron chi connectivity index (χ0n) is 11.7. The lowest BCUT2D eigenvalue weighted by Gasteiger charge is -2.22. The van der Waals surface area contributed by atoms with Gasteiger partial charge in [0.1, 0.15) is 5.75 Å². The van der Waals surface area contributed by atoms with E-state index in [1.807, 2.05) is 19.2 Å². The molecule has 0 aliphatic carbocycles. The minimum absolute atomic E-state index is 0.682. The minimum atomic E-state index is 0.682. The fraction of sp³-hybridized carbons (Fsp3) is 0.250. The second kappa shape index (κ2) is 5.78.